The molecular weight excluding hydrogens is 341 g/mol. The normalized spacial score (nSPS) is 10.4. The molecule has 0 atom stereocenters. The van der Waals surface area contributed by atoms with Crippen molar-refractivity contribution in [3.63, 3.8) is 0 Å². The third-order valence-corrected chi connectivity index (χ3v) is 3.40. The third-order valence-electron chi connectivity index (χ3n) is 2.05. The molecule has 0 unspecified atom stereocenters. The monoisotopic (exact) mass is 347 g/mol. The predicted molar refractivity (Wildman–Crippen MR) is 76.2 cm³/mol. The van der Waals surface area contributed by atoms with Gasteiger partial charge >= 0.3 is 0 Å². The van der Waals surface area contributed by atoms with Crippen molar-refractivity contribution in [2.75, 3.05) is 11.6 Å². The summed E-state index contributed by atoms with van der Waals surface area (Å²) in [5.41, 5.74) is 0.713. The molecule has 0 aliphatic carbocycles. The zero-order chi connectivity index (χ0) is 13.1. The molecule has 0 bridgehead atoms. The maximum atomic E-state index is 13.1. The summed E-state index contributed by atoms with van der Waals surface area (Å²) in [6, 6.07) is 6.22. The second-order valence-electron chi connectivity index (χ2n) is 3.32. The smallest absolute Gasteiger partial charge is 0.190 e. The molecule has 0 amide bonds. The van der Waals surface area contributed by atoms with E-state index in [0.29, 0.717) is 26.3 Å². The molecule has 0 saturated carbocycles. The second kappa shape index (κ2) is 5.86. The number of aromatic nitrogens is 2. The highest BCUT2D eigenvalue weighted by Gasteiger charge is 2.05. The molecule has 1 aromatic heterocycles. The Bertz CT molecular complexity index is 582. The summed E-state index contributed by atoms with van der Waals surface area (Å²) in [5, 5.41) is 3.98. The molecule has 0 aliphatic heterocycles. The van der Waals surface area contributed by atoms with E-state index < -0.39 is 0 Å². The van der Waals surface area contributed by atoms with E-state index in [-0.39, 0.29) is 5.82 Å². The van der Waals surface area contributed by atoms with E-state index >= 15 is 0 Å². The number of hydrogen-bond acceptors (Lipinski definition) is 4. The molecule has 0 aliphatic rings. The number of nitrogens with zero attached hydrogens (tertiary/aromatic N) is 2. The number of thioether (sulfide) groups is 1. The summed E-state index contributed by atoms with van der Waals surface area (Å²) >= 11 is 10.4. The number of benzene rings is 1. The first-order chi connectivity index (χ1) is 8.58. The summed E-state index contributed by atoms with van der Waals surface area (Å²) in [6.45, 7) is 0. The molecule has 1 N–H and O–H groups in total. The first-order valence-corrected chi connectivity index (χ1v) is 7.28. The van der Waals surface area contributed by atoms with Crippen LogP contribution in [0.1, 0.15) is 0 Å². The molecular formula is C11H8BrClFN3S. The quantitative estimate of drug-likeness (QED) is 0.503. The summed E-state index contributed by atoms with van der Waals surface area (Å²) in [5.74, 6) is 0.254. The third kappa shape index (κ3) is 3.34. The highest BCUT2D eigenvalue weighted by molar-refractivity contribution is 9.10. The van der Waals surface area contributed by atoms with Crippen molar-refractivity contribution in [3.05, 3.63) is 39.7 Å². The van der Waals surface area contributed by atoms with Gasteiger partial charge in [0.2, 0.25) is 0 Å². The van der Waals surface area contributed by atoms with Gasteiger partial charge in [-0.05, 0) is 40.4 Å². The average Bonchev–Trinajstić information content (AvgIpc) is 2.33. The Kier molecular flexibility index (Phi) is 4.42. The van der Waals surface area contributed by atoms with Gasteiger partial charge in [0, 0.05) is 11.8 Å². The molecule has 7 heteroatoms. The lowest BCUT2D eigenvalue weighted by atomic mass is 10.3. The van der Waals surface area contributed by atoms with Gasteiger partial charge in [0.05, 0.1) is 4.47 Å². The van der Waals surface area contributed by atoms with Crippen molar-refractivity contribution in [2.24, 2.45) is 0 Å². The molecule has 1 heterocycles. The van der Waals surface area contributed by atoms with Crippen LogP contribution in [0.25, 0.3) is 0 Å². The second-order valence-corrected chi connectivity index (χ2v) is 5.33. The molecule has 0 saturated heterocycles. The van der Waals surface area contributed by atoms with Crippen LogP contribution in [0.5, 0.6) is 0 Å². The molecule has 18 heavy (non-hydrogen) atoms. The van der Waals surface area contributed by atoms with Crippen LogP contribution in [-0.4, -0.2) is 16.2 Å². The largest absolute Gasteiger partial charge is 0.340 e. The number of rotatable bonds is 3. The lowest BCUT2D eigenvalue weighted by Gasteiger charge is -2.07. The molecule has 1 aromatic carbocycles. The Hall–Kier alpha value is -0.850. The topological polar surface area (TPSA) is 37.8 Å². The van der Waals surface area contributed by atoms with Crippen molar-refractivity contribution >= 4 is 50.8 Å². The highest BCUT2D eigenvalue weighted by Crippen LogP contribution is 2.24. The fourth-order valence-electron chi connectivity index (χ4n) is 1.27. The van der Waals surface area contributed by atoms with Crippen molar-refractivity contribution in [2.45, 2.75) is 5.16 Å². The molecule has 0 radical (unpaired) electrons. The van der Waals surface area contributed by atoms with Crippen LogP contribution in [0.4, 0.5) is 15.9 Å². The van der Waals surface area contributed by atoms with Gasteiger partial charge in [0.1, 0.15) is 16.8 Å². The van der Waals surface area contributed by atoms with E-state index in [1.54, 1.807) is 18.2 Å². The zero-order valence-corrected chi connectivity index (χ0v) is 12.4. The van der Waals surface area contributed by atoms with E-state index in [4.69, 9.17) is 11.6 Å². The van der Waals surface area contributed by atoms with Crippen LogP contribution in [0.15, 0.2) is 33.9 Å². The fourth-order valence-corrected chi connectivity index (χ4v) is 2.27. The Morgan fingerprint density at radius 1 is 1.33 bits per heavy atom. The summed E-state index contributed by atoms with van der Waals surface area (Å²) in [6.07, 6.45) is 1.87. The van der Waals surface area contributed by atoms with Crippen LogP contribution in [0, 0.1) is 5.82 Å². The van der Waals surface area contributed by atoms with Crippen molar-refractivity contribution in [3.8, 4) is 0 Å². The maximum Gasteiger partial charge on any atom is 0.190 e. The van der Waals surface area contributed by atoms with Gasteiger partial charge in [-0.25, -0.2) is 14.4 Å². The number of anilines is 2. The van der Waals surface area contributed by atoms with Gasteiger partial charge in [-0.3, -0.25) is 0 Å². The predicted octanol–water partition coefficient (Wildman–Crippen LogP) is 4.50. The molecule has 0 spiro atoms. The van der Waals surface area contributed by atoms with Gasteiger partial charge in [-0.2, -0.15) is 0 Å². The minimum atomic E-state index is -0.314. The van der Waals surface area contributed by atoms with E-state index in [9.17, 15) is 4.39 Å². The number of nitrogens with one attached hydrogen (secondary N) is 1. The van der Waals surface area contributed by atoms with Crippen LogP contribution in [0.2, 0.25) is 5.15 Å². The van der Waals surface area contributed by atoms with Gasteiger partial charge in [-0.15, -0.1) is 0 Å². The Morgan fingerprint density at radius 3 is 2.78 bits per heavy atom. The SMILES string of the molecule is CSc1nc(Cl)cc(Nc2ccc(F)c(Br)c2)n1. The molecule has 0 fully saturated rings. The Morgan fingerprint density at radius 2 is 2.11 bits per heavy atom. The lowest BCUT2D eigenvalue weighted by molar-refractivity contribution is 0.621. The molecule has 3 nitrogen and oxygen atoms in total. The van der Waals surface area contributed by atoms with Crippen molar-refractivity contribution < 1.29 is 4.39 Å². The first-order valence-electron chi connectivity index (χ1n) is 4.89. The standard InChI is InChI=1S/C11H8BrClFN3S/c1-18-11-16-9(13)5-10(17-11)15-6-2-3-8(14)7(12)4-6/h2-5H,1H3,(H,15,16,17). The highest BCUT2D eigenvalue weighted by atomic mass is 79.9. The summed E-state index contributed by atoms with van der Waals surface area (Å²) < 4.78 is 13.5. The van der Waals surface area contributed by atoms with Crippen LogP contribution in [0.3, 0.4) is 0 Å². The van der Waals surface area contributed by atoms with E-state index in [2.05, 4.69) is 31.2 Å². The molecule has 94 valence electrons. The minimum Gasteiger partial charge on any atom is -0.340 e. The first kappa shape index (κ1) is 13.6. The molecule has 2 rings (SSSR count). The number of halogens is 3. The maximum absolute atomic E-state index is 13.1. The van der Waals surface area contributed by atoms with Gasteiger partial charge in [0.15, 0.2) is 5.16 Å². The van der Waals surface area contributed by atoms with E-state index in [1.165, 1.54) is 17.8 Å². The minimum absolute atomic E-state index is 0.314. The van der Waals surface area contributed by atoms with E-state index in [0.717, 1.165) is 0 Å². The van der Waals surface area contributed by atoms with Crippen LogP contribution < -0.4 is 5.32 Å². The van der Waals surface area contributed by atoms with E-state index in [1.807, 2.05) is 6.26 Å². The van der Waals surface area contributed by atoms with Gasteiger partial charge in [-0.1, -0.05) is 23.4 Å². The lowest BCUT2D eigenvalue weighted by Crippen LogP contribution is -1.97. The Balaban J connectivity index is 2.27. The average molecular weight is 349 g/mol. The van der Waals surface area contributed by atoms with Crippen LogP contribution in [-0.2, 0) is 0 Å². The summed E-state index contributed by atoms with van der Waals surface area (Å²) in [4.78, 5) is 8.28. The Labute approximate surface area is 121 Å². The number of hydrogen-bond donors (Lipinski definition) is 1. The van der Waals surface area contributed by atoms with Gasteiger partial charge in [0.25, 0.3) is 0 Å². The summed E-state index contributed by atoms with van der Waals surface area (Å²) in [7, 11) is 0. The van der Waals surface area contributed by atoms with Crippen molar-refractivity contribution in [1.29, 1.82) is 0 Å². The molecule has 2 aromatic rings. The van der Waals surface area contributed by atoms with Crippen LogP contribution >= 0.6 is 39.3 Å². The zero-order valence-electron chi connectivity index (χ0n) is 9.25. The fraction of sp³-hybridized carbons (Fsp3) is 0.0909. The van der Waals surface area contributed by atoms with Gasteiger partial charge < -0.3 is 5.32 Å². The van der Waals surface area contributed by atoms with Crippen molar-refractivity contribution in [1.82, 2.24) is 9.97 Å².